The first-order chi connectivity index (χ1) is 9.58. The molecule has 2 nitrogen and oxygen atoms in total. The zero-order valence-electron chi connectivity index (χ0n) is 10.3. The first-order valence-corrected chi connectivity index (χ1v) is 6.09. The van der Waals surface area contributed by atoms with Crippen LogP contribution >= 0.6 is 0 Å². The maximum Gasteiger partial charge on any atom is 0.253 e. The minimum absolute atomic E-state index is 0.0734. The lowest BCUT2D eigenvalue weighted by Gasteiger charge is -2.30. The molecule has 20 heavy (non-hydrogen) atoms. The molecule has 0 aliphatic heterocycles. The molecule has 0 saturated carbocycles. The zero-order chi connectivity index (χ0) is 14.3. The molecule has 0 spiro atoms. The van der Waals surface area contributed by atoms with Crippen molar-refractivity contribution in [1.82, 2.24) is 4.98 Å². The van der Waals surface area contributed by atoms with Gasteiger partial charge in [0, 0.05) is 12.5 Å². The molecule has 0 amide bonds. The summed E-state index contributed by atoms with van der Waals surface area (Å²) in [5.74, 6) is -6.24. The lowest BCUT2D eigenvalue weighted by Crippen LogP contribution is -2.25. The van der Waals surface area contributed by atoms with Crippen molar-refractivity contribution in [3.63, 3.8) is 0 Å². The summed E-state index contributed by atoms with van der Waals surface area (Å²) < 4.78 is 52.7. The second kappa shape index (κ2) is 4.77. The Hall–Kier alpha value is -2.11. The van der Waals surface area contributed by atoms with Gasteiger partial charge in [-0.05, 0) is 17.5 Å². The van der Waals surface area contributed by atoms with Crippen LogP contribution in [0.15, 0.2) is 24.3 Å². The lowest BCUT2D eigenvalue weighted by molar-refractivity contribution is 0.410. The number of hydrogen-bond acceptors (Lipinski definition) is 2. The summed E-state index contributed by atoms with van der Waals surface area (Å²) >= 11 is 0. The van der Waals surface area contributed by atoms with Crippen molar-refractivity contribution in [2.24, 2.45) is 0 Å². The molecule has 1 aliphatic rings. The van der Waals surface area contributed by atoms with Gasteiger partial charge in [0.2, 0.25) is 11.6 Å². The summed E-state index contributed by atoms with van der Waals surface area (Å²) in [7, 11) is 0. The largest absolute Gasteiger partial charge is 0.379 e. The van der Waals surface area contributed by atoms with Crippen molar-refractivity contribution in [2.45, 2.75) is 12.3 Å². The van der Waals surface area contributed by atoms with E-state index in [1.54, 1.807) is 0 Å². The molecule has 104 valence electrons. The van der Waals surface area contributed by atoms with Gasteiger partial charge in [0.1, 0.15) is 5.69 Å². The van der Waals surface area contributed by atoms with E-state index in [1.807, 2.05) is 24.3 Å². The Kier molecular flexibility index (Phi) is 3.08. The minimum Gasteiger partial charge on any atom is -0.379 e. The van der Waals surface area contributed by atoms with Crippen molar-refractivity contribution in [3.05, 3.63) is 58.9 Å². The number of nitrogens with one attached hydrogen (secondary N) is 1. The number of pyridine rings is 1. The number of anilines is 1. The van der Waals surface area contributed by atoms with Gasteiger partial charge >= 0.3 is 0 Å². The number of aromatic nitrogens is 1. The second-order valence-electron chi connectivity index (χ2n) is 4.68. The van der Waals surface area contributed by atoms with Crippen LogP contribution in [0.2, 0.25) is 0 Å². The second-order valence-corrected chi connectivity index (χ2v) is 4.68. The molecule has 1 heterocycles. The highest BCUT2D eigenvalue weighted by molar-refractivity contribution is 5.48. The summed E-state index contributed by atoms with van der Waals surface area (Å²) in [6, 6.07) is 7.68. The average Bonchev–Trinajstić information content (AvgIpc) is 2.41. The fraction of sp³-hybridized carbons (Fsp3) is 0.214. The fourth-order valence-electron chi connectivity index (χ4n) is 2.41. The van der Waals surface area contributed by atoms with Crippen LogP contribution in [0.1, 0.15) is 17.0 Å². The number of nitrogens with zero attached hydrogens (tertiary/aromatic N) is 1. The van der Waals surface area contributed by atoms with E-state index < -0.39 is 29.2 Å². The number of halogens is 4. The molecule has 1 atom stereocenters. The predicted octanol–water partition coefficient (Wildman–Crippen LogP) is 3.39. The van der Waals surface area contributed by atoms with Gasteiger partial charge in [-0.1, -0.05) is 24.3 Å². The van der Waals surface area contributed by atoms with E-state index in [1.165, 1.54) is 5.56 Å². The molecule has 0 saturated heterocycles. The molecule has 0 fully saturated rings. The molecule has 1 N–H and O–H groups in total. The Morgan fingerprint density at radius 2 is 1.70 bits per heavy atom. The molecular formula is C14H10F4N2. The molecule has 1 aromatic carbocycles. The van der Waals surface area contributed by atoms with Gasteiger partial charge in [0.05, 0.1) is 0 Å². The van der Waals surface area contributed by atoms with Gasteiger partial charge in [0.25, 0.3) is 11.9 Å². The molecule has 0 bridgehead atoms. The van der Waals surface area contributed by atoms with Gasteiger partial charge < -0.3 is 5.32 Å². The van der Waals surface area contributed by atoms with E-state index in [0.717, 1.165) is 12.0 Å². The highest BCUT2D eigenvalue weighted by Crippen LogP contribution is 2.35. The van der Waals surface area contributed by atoms with E-state index in [-0.39, 0.29) is 12.5 Å². The molecule has 1 unspecified atom stereocenters. The van der Waals surface area contributed by atoms with Crippen molar-refractivity contribution in [2.75, 3.05) is 11.9 Å². The van der Waals surface area contributed by atoms with Crippen LogP contribution in [0.4, 0.5) is 23.2 Å². The molecule has 0 radical (unpaired) electrons. The highest BCUT2D eigenvalue weighted by atomic mass is 19.2. The van der Waals surface area contributed by atoms with Gasteiger partial charge in [-0.3, -0.25) is 0 Å². The predicted molar refractivity (Wildman–Crippen MR) is 65.4 cm³/mol. The number of fused-ring (bicyclic) bond motifs is 1. The fourth-order valence-corrected chi connectivity index (χ4v) is 2.41. The third-order valence-electron chi connectivity index (χ3n) is 3.48. The molecular weight excluding hydrogens is 272 g/mol. The quantitative estimate of drug-likeness (QED) is 0.689. The first kappa shape index (κ1) is 12.9. The van der Waals surface area contributed by atoms with Gasteiger partial charge in [-0.15, -0.1) is 0 Å². The number of rotatable bonds is 3. The van der Waals surface area contributed by atoms with Gasteiger partial charge in [-0.2, -0.15) is 22.5 Å². The highest BCUT2D eigenvalue weighted by Gasteiger charge is 2.27. The Labute approximate surface area is 112 Å². The van der Waals surface area contributed by atoms with E-state index in [9.17, 15) is 17.6 Å². The summed E-state index contributed by atoms with van der Waals surface area (Å²) in [5, 5.41) is 2.44. The first-order valence-electron chi connectivity index (χ1n) is 6.09. The van der Waals surface area contributed by atoms with E-state index in [4.69, 9.17) is 0 Å². The van der Waals surface area contributed by atoms with Gasteiger partial charge in [0.15, 0.2) is 0 Å². The molecule has 6 heteroatoms. The van der Waals surface area contributed by atoms with Crippen LogP contribution in [0.5, 0.6) is 0 Å². The molecule has 1 aromatic heterocycles. The van der Waals surface area contributed by atoms with Crippen LogP contribution in [-0.4, -0.2) is 11.5 Å². The van der Waals surface area contributed by atoms with Crippen molar-refractivity contribution < 1.29 is 17.6 Å². The Morgan fingerprint density at radius 3 is 2.35 bits per heavy atom. The number of hydrogen-bond donors (Lipinski definition) is 1. The maximum absolute atomic E-state index is 13.4. The SMILES string of the molecule is Fc1nc(F)c(F)c(NCC2Cc3ccccc32)c1F. The summed E-state index contributed by atoms with van der Waals surface area (Å²) in [4.78, 5) is 2.51. The Balaban J connectivity index is 1.78. The standard InChI is InChI=1S/C14H10F4N2/c15-10-12(11(16)14(18)20-13(10)17)19-6-8-5-7-3-1-2-4-9(7)8/h1-4,8H,5-6H2,(H,19,20). The van der Waals surface area contributed by atoms with Gasteiger partial charge in [-0.25, -0.2) is 0 Å². The topological polar surface area (TPSA) is 24.9 Å². The maximum atomic E-state index is 13.4. The van der Waals surface area contributed by atoms with Crippen LogP contribution in [0.25, 0.3) is 0 Å². The zero-order valence-corrected chi connectivity index (χ0v) is 10.3. The average molecular weight is 282 g/mol. The van der Waals surface area contributed by atoms with Crippen LogP contribution in [0.3, 0.4) is 0 Å². The normalized spacial score (nSPS) is 16.5. The molecule has 2 aromatic rings. The lowest BCUT2D eigenvalue weighted by atomic mass is 9.77. The number of benzene rings is 1. The van der Waals surface area contributed by atoms with Crippen LogP contribution < -0.4 is 5.32 Å². The summed E-state index contributed by atoms with van der Waals surface area (Å²) in [5.41, 5.74) is 1.45. The Bertz CT molecular complexity index is 646. The summed E-state index contributed by atoms with van der Waals surface area (Å²) in [6.07, 6.45) is 0.766. The summed E-state index contributed by atoms with van der Waals surface area (Å²) in [6.45, 7) is 0.202. The third-order valence-corrected chi connectivity index (χ3v) is 3.48. The van der Waals surface area contributed by atoms with E-state index >= 15 is 0 Å². The third kappa shape index (κ3) is 2.01. The monoisotopic (exact) mass is 282 g/mol. The Morgan fingerprint density at radius 1 is 1.05 bits per heavy atom. The van der Waals surface area contributed by atoms with Crippen LogP contribution in [0, 0.1) is 23.5 Å². The van der Waals surface area contributed by atoms with Crippen molar-refractivity contribution in [3.8, 4) is 0 Å². The van der Waals surface area contributed by atoms with Crippen molar-refractivity contribution >= 4 is 5.69 Å². The van der Waals surface area contributed by atoms with Crippen LogP contribution in [-0.2, 0) is 6.42 Å². The molecule has 3 rings (SSSR count). The smallest absolute Gasteiger partial charge is 0.253 e. The van der Waals surface area contributed by atoms with E-state index in [2.05, 4.69) is 10.3 Å². The van der Waals surface area contributed by atoms with E-state index in [0.29, 0.717) is 0 Å². The molecule has 1 aliphatic carbocycles. The minimum atomic E-state index is -1.65. The van der Waals surface area contributed by atoms with Crippen molar-refractivity contribution in [1.29, 1.82) is 0 Å².